The second kappa shape index (κ2) is 10.2. The highest BCUT2D eigenvalue weighted by Gasteiger charge is 2.34. The van der Waals surface area contributed by atoms with Gasteiger partial charge in [-0.05, 0) is 86.1 Å². The molecule has 2 fully saturated rings. The molecule has 2 aliphatic heterocycles. The normalized spacial score (nSPS) is 20.1. The Labute approximate surface area is 212 Å². The lowest BCUT2D eigenvalue weighted by molar-refractivity contribution is -0.0276. The van der Waals surface area contributed by atoms with E-state index >= 15 is 0 Å². The van der Waals surface area contributed by atoms with Crippen LogP contribution in [0.15, 0.2) is 40.8 Å². The molecule has 0 saturated carbocycles. The van der Waals surface area contributed by atoms with Crippen LogP contribution in [0.4, 0.5) is 0 Å². The van der Waals surface area contributed by atoms with Gasteiger partial charge in [-0.2, -0.15) is 0 Å². The van der Waals surface area contributed by atoms with Crippen LogP contribution in [-0.2, 0) is 16.9 Å². The van der Waals surface area contributed by atoms with Crippen LogP contribution in [0.25, 0.3) is 11.0 Å². The molecule has 1 amide bonds. The van der Waals surface area contributed by atoms with Gasteiger partial charge in [0.1, 0.15) is 11.3 Å². The lowest BCUT2D eigenvalue weighted by atomic mass is 9.84. The van der Waals surface area contributed by atoms with Crippen molar-refractivity contribution >= 4 is 16.9 Å². The van der Waals surface area contributed by atoms with E-state index in [2.05, 4.69) is 30.1 Å². The number of hydrogen-bond donors (Lipinski definition) is 2. The largest absolute Gasteiger partial charge is 0.496 e. The van der Waals surface area contributed by atoms with E-state index in [0.717, 1.165) is 55.8 Å². The van der Waals surface area contributed by atoms with Crippen molar-refractivity contribution in [2.45, 2.75) is 57.8 Å². The first-order valence-electron chi connectivity index (χ1n) is 12.9. The highest BCUT2D eigenvalue weighted by Crippen LogP contribution is 2.36. The van der Waals surface area contributed by atoms with Crippen LogP contribution in [0.3, 0.4) is 0 Å². The highest BCUT2D eigenvalue weighted by molar-refractivity contribution is 5.96. The van der Waals surface area contributed by atoms with Crippen molar-refractivity contribution in [3.63, 3.8) is 0 Å². The molecule has 3 aromatic rings. The predicted molar refractivity (Wildman–Crippen MR) is 138 cm³/mol. The number of carbonyl (C=O) groups is 1. The monoisotopic (exact) mass is 492 g/mol. The Morgan fingerprint density at radius 1 is 1.17 bits per heavy atom. The quantitative estimate of drug-likeness (QED) is 0.507. The van der Waals surface area contributed by atoms with Gasteiger partial charge in [0.05, 0.1) is 18.8 Å². The molecule has 0 unspecified atom stereocenters. The summed E-state index contributed by atoms with van der Waals surface area (Å²) in [6.07, 6.45) is 3.40. The number of methoxy groups -OCH3 is 1. The van der Waals surface area contributed by atoms with Crippen LogP contribution in [0.1, 0.15) is 58.5 Å². The van der Waals surface area contributed by atoms with E-state index in [9.17, 15) is 9.90 Å². The summed E-state index contributed by atoms with van der Waals surface area (Å²) in [5, 5.41) is 15.2. The molecule has 1 atom stereocenters. The Morgan fingerprint density at radius 3 is 2.69 bits per heavy atom. The fourth-order valence-electron chi connectivity index (χ4n) is 5.40. The SMILES string of the molecule is COc1ccc(CN2CCC(O)(c3ccc4oc(C(=O)NC[C@@H]5CCCO5)cc4c3)CC2)c(C)c1C. The Hall–Kier alpha value is -2.87. The van der Waals surface area contributed by atoms with E-state index in [1.54, 1.807) is 13.2 Å². The number of rotatable bonds is 7. The van der Waals surface area contributed by atoms with Gasteiger partial charge in [0.25, 0.3) is 5.91 Å². The van der Waals surface area contributed by atoms with Gasteiger partial charge in [0.15, 0.2) is 5.76 Å². The number of likely N-dealkylation sites (tertiary alicyclic amines) is 1. The fraction of sp³-hybridized carbons (Fsp3) is 0.483. The number of nitrogens with one attached hydrogen (secondary N) is 1. The molecule has 0 spiro atoms. The van der Waals surface area contributed by atoms with Crippen LogP contribution >= 0.6 is 0 Å². The zero-order valence-electron chi connectivity index (χ0n) is 21.4. The van der Waals surface area contributed by atoms with Gasteiger partial charge in [-0.3, -0.25) is 9.69 Å². The minimum Gasteiger partial charge on any atom is -0.496 e. The summed E-state index contributed by atoms with van der Waals surface area (Å²) in [5.74, 6) is 0.966. The number of fused-ring (bicyclic) bond motifs is 1. The first kappa shape index (κ1) is 24.8. The Kier molecular flexibility index (Phi) is 7.06. The van der Waals surface area contributed by atoms with Crippen molar-refractivity contribution in [3.8, 4) is 5.75 Å². The number of ether oxygens (including phenoxy) is 2. The van der Waals surface area contributed by atoms with E-state index in [-0.39, 0.29) is 17.8 Å². The van der Waals surface area contributed by atoms with Crippen molar-refractivity contribution in [3.05, 3.63) is 64.4 Å². The number of aliphatic hydroxyl groups is 1. The van der Waals surface area contributed by atoms with Gasteiger partial charge in [-0.15, -0.1) is 0 Å². The lowest BCUT2D eigenvalue weighted by Crippen LogP contribution is -2.42. The van der Waals surface area contributed by atoms with Crippen LogP contribution in [0.5, 0.6) is 5.75 Å². The van der Waals surface area contributed by atoms with Crippen molar-refractivity contribution in [2.24, 2.45) is 0 Å². The maximum atomic E-state index is 12.6. The van der Waals surface area contributed by atoms with E-state index in [1.165, 1.54) is 16.7 Å². The maximum Gasteiger partial charge on any atom is 0.287 e. The van der Waals surface area contributed by atoms with Gasteiger partial charge in [-0.1, -0.05) is 12.1 Å². The maximum absolute atomic E-state index is 12.6. The first-order valence-corrected chi connectivity index (χ1v) is 12.9. The summed E-state index contributed by atoms with van der Waals surface area (Å²) >= 11 is 0. The third-order valence-corrected chi connectivity index (χ3v) is 7.94. The molecule has 3 heterocycles. The molecule has 1 aromatic heterocycles. The molecule has 2 N–H and O–H groups in total. The summed E-state index contributed by atoms with van der Waals surface area (Å²) in [4.78, 5) is 15.0. The first-order chi connectivity index (χ1) is 17.4. The summed E-state index contributed by atoms with van der Waals surface area (Å²) in [6, 6.07) is 11.7. The molecule has 7 heteroatoms. The van der Waals surface area contributed by atoms with E-state index in [4.69, 9.17) is 13.9 Å². The number of nitrogens with zero attached hydrogens (tertiary/aromatic N) is 1. The molecule has 0 bridgehead atoms. The zero-order chi connectivity index (χ0) is 25.3. The number of hydrogen-bond acceptors (Lipinski definition) is 6. The summed E-state index contributed by atoms with van der Waals surface area (Å²) < 4.78 is 16.8. The Balaban J connectivity index is 1.23. The molecule has 2 aromatic carbocycles. The Morgan fingerprint density at radius 2 is 1.97 bits per heavy atom. The smallest absolute Gasteiger partial charge is 0.287 e. The van der Waals surface area contributed by atoms with Crippen LogP contribution < -0.4 is 10.1 Å². The highest BCUT2D eigenvalue weighted by atomic mass is 16.5. The second-order valence-electron chi connectivity index (χ2n) is 10.2. The summed E-state index contributed by atoms with van der Waals surface area (Å²) in [5.41, 5.74) is 4.36. The number of benzene rings is 2. The molecule has 36 heavy (non-hydrogen) atoms. The number of piperidine rings is 1. The molecule has 2 aliphatic rings. The topological polar surface area (TPSA) is 84.2 Å². The third kappa shape index (κ3) is 5.01. The second-order valence-corrected chi connectivity index (χ2v) is 10.2. The molecule has 5 rings (SSSR count). The van der Waals surface area contributed by atoms with Crippen molar-refractivity contribution in [1.29, 1.82) is 0 Å². The minimum atomic E-state index is -0.894. The molecule has 7 nitrogen and oxygen atoms in total. The van der Waals surface area contributed by atoms with Crippen molar-refractivity contribution in [1.82, 2.24) is 10.2 Å². The summed E-state index contributed by atoms with van der Waals surface area (Å²) in [7, 11) is 1.70. The van der Waals surface area contributed by atoms with Gasteiger partial charge in [0.2, 0.25) is 0 Å². The predicted octanol–water partition coefficient (Wildman–Crippen LogP) is 4.45. The number of amides is 1. The van der Waals surface area contributed by atoms with Gasteiger partial charge in [0, 0.05) is 38.2 Å². The fourth-order valence-corrected chi connectivity index (χ4v) is 5.40. The lowest BCUT2D eigenvalue weighted by Gasteiger charge is -2.39. The zero-order valence-corrected chi connectivity index (χ0v) is 21.4. The molecule has 0 radical (unpaired) electrons. The molecular weight excluding hydrogens is 456 g/mol. The van der Waals surface area contributed by atoms with Gasteiger partial charge >= 0.3 is 0 Å². The van der Waals surface area contributed by atoms with Gasteiger partial charge < -0.3 is 24.3 Å². The van der Waals surface area contributed by atoms with Crippen molar-refractivity contribution in [2.75, 3.05) is 33.4 Å². The van der Waals surface area contributed by atoms with Gasteiger partial charge in [-0.25, -0.2) is 0 Å². The number of furan rings is 1. The van der Waals surface area contributed by atoms with Crippen LogP contribution in [-0.4, -0.2) is 55.4 Å². The van der Waals surface area contributed by atoms with Crippen LogP contribution in [0.2, 0.25) is 0 Å². The van der Waals surface area contributed by atoms with Crippen LogP contribution in [0, 0.1) is 13.8 Å². The minimum absolute atomic E-state index is 0.0858. The molecular formula is C29H36N2O5. The van der Waals surface area contributed by atoms with Crippen molar-refractivity contribution < 1.29 is 23.8 Å². The van der Waals surface area contributed by atoms with E-state index in [0.29, 0.717) is 25.0 Å². The van der Waals surface area contributed by atoms with E-state index in [1.807, 2.05) is 24.3 Å². The average molecular weight is 493 g/mol. The molecule has 192 valence electrons. The standard InChI is InChI=1S/C29H36N2O5/c1-19-20(2)25(34-3)8-6-21(19)18-31-12-10-29(33,11-13-31)23-7-9-26-22(15-23)16-27(36-26)28(32)30-17-24-5-4-14-35-24/h6-9,15-16,24,33H,4-5,10-14,17-18H2,1-3H3,(H,30,32)/t24-/m0/s1. The average Bonchev–Trinajstić information content (AvgIpc) is 3.56. The molecule has 0 aliphatic carbocycles. The third-order valence-electron chi connectivity index (χ3n) is 7.94. The number of carbonyl (C=O) groups excluding carboxylic acids is 1. The van der Waals surface area contributed by atoms with E-state index < -0.39 is 5.60 Å². The molecule has 2 saturated heterocycles. The summed E-state index contributed by atoms with van der Waals surface area (Å²) in [6.45, 7) is 7.96. The Bertz CT molecular complexity index is 1240.